The van der Waals surface area contributed by atoms with Crippen molar-refractivity contribution in [3.63, 3.8) is 0 Å². The maximum Gasteiger partial charge on any atom is 0.152 e. The van der Waals surface area contributed by atoms with Crippen LogP contribution < -0.4 is 0 Å². The summed E-state index contributed by atoms with van der Waals surface area (Å²) in [5, 5.41) is 21.0. The van der Waals surface area contributed by atoms with Gasteiger partial charge in [0.25, 0.3) is 0 Å². The molecule has 0 saturated heterocycles. The zero-order valence-electron chi connectivity index (χ0n) is 14.2. The number of aliphatic hydroxyl groups excluding tert-OH is 2. The summed E-state index contributed by atoms with van der Waals surface area (Å²) in [5.41, 5.74) is -0.00834. The van der Waals surface area contributed by atoms with Crippen LogP contribution in [0.5, 0.6) is 0 Å². The van der Waals surface area contributed by atoms with Gasteiger partial charge in [0.2, 0.25) is 0 Å². The topological polar surface area (TPSA) is 57.5 Å². The Bertz CT molecular complexity index is 523. The minimum atomic E-state index is -0.307. The van der Waals surface area contributed by atoms with Crippen molar-refractivity contribution in [3.05, 3.63) is 0 Å². The van der Waals surface area contributed by atoms with Crippen LogP contribution in [0.4, 0.5) is 0 Å². The van der Waals surface area contributed by atoms with Gasteiger partial charge in [-0.15, -0.1) is 0 Å². The van der Waals surface area contributed by atoms with E-state index in [0.29, 0.717) is 23.5 Å². The first kappa shape index (κ1) is 16.5. The number of hydrogen-bond donors (Lipinski definition) is 2. The van der Waals surface area contributed by atoms with Crippen molar-refractivity contribution in [3.8, 4) is 0 Å². The average molecular weight is 385 g/mol. The molecular weight excluding hydrogens is 356 g/mol. The monoisotopic (exact) mass is 384 g/mol. The third kappa shape index (κ3) is 2.17. The number of rotatable bonds is 0. The molecule has 0 bridgehead atoms. The second-order valence-corrected chi connectivity index (χ2v) is 10.4. The zero-order valence-corrected chi connectivity index (χ0v) is 15.8. The van der Waals surface area contributed by atoms with E-state index in [2.05, 4.69) is 29.8 Å². The molecule has 3 nitrogen and oxygen atoms in total. The number of carbonyl (C=O) groups excluding carboxylic acids is 1. The lowest BCUT2D eigenvalue weighted by atomic mass is 9.44. The van der Waals surface area contributed by atoms with E-state index in [9.17, 15) is 15.0 Å². The molecule has 4 saturated carbocycles. The molecule has 0 radical (unpaired) electrons. The fraction of sp³-hybridized carbons (Fsp3) is 0.947. The lowest BCUT2D eigenvalue weighted by Crippen LogP contribution is -2.58. The largest absolute Gasteiger partial charge is 0.393 e. The number of carbonyl (C=O) groups is 1. The Hall–Kier alpha value is 0.0700. The molecule has 0 aliphatic heterocycles. The Morgan fingerprint density at radius 2 is 1.78 bits per heavy atom. The van der Waals surface area contributed by atoms with Crippen molar-refractivity contribution < 1.29 is 15.0 Å². The van der Waals surface area contributed by atoms with Crippen molar-refractivity contribution in [2.75, 3.05) is 0 Å². The Kier molecular flexibility index (Phi) is 3.80. The van der Waals surface area contributed by atoms with Crippen molar-refractivity contribution in [2.24, 2.45) is 34.5 Å². The summed E-state index contributed by atoms with van der Waals surface area (Å²) in [6, 6.07) is 0. The van der Waals surface area contributed by atoms with Gasteiger partial charge in [0.1, 0.15) is 0 Å². The molecule has 4 rings (SSSR count). The summed E-state index contributed by atoms with van der Waals surface area (Å²) >= 11 is 3.59. The molecule has 0 heterocycles. The second-order valence-electron chi connectivity index (χ2n) is 9.25. The van der Waals surface area contributed by atoms with Crippen LogP contribution in [-0.2, 0) is 4.79 Å². The lowest BCUT2D eigenvalue weighted by Gasteiger charge is -2.61. The van der Waals surface area contributed by atoms with Crippen LogP contribution >= 0.6 is 15.9 Å². The van der Waals surface area contributed by atoms with Gasteiger partial charge >= 0.3 is 0 Å². The number of alkyl halides is 1. The van der Waals surface area contributed by atoms with Gasteiger partial charge in [-0.1, -0.05) is 29.8 Å². The molecule has 0 amide bonds. The molecule has 0 spiro atoms. The Morgan fingerprint density at radius 3 is 2.52 bits per heavy atom. The Balaban J connectivity index is 1.69. The summed E-state index contributed by atoms with van der Waals surface area (Å²) < 4.78 is 0. The average Bonchev–Trinajstić information content (AvgIpc) is 2.73. The zero-order chi connectivity index (χ0) is 16.6. The van der Waals surface area contributed by atoms with E-state index in [4.69, 9.17) is 0 Å². The van der Waals surface area contributed by atoms with Crippen LogP contribution in [-0.4, -0.2) is 33.0 Å². The standard InChI is InChI=1S/C19H29BrO3/c1-18-5-3-11(21)7-10(18)8-15(22)16-12(18)4-6-19(2)13(16)9-14(20)17(19)23/h10-16,21-22H,3-9H2,1-2H3/t10-,11+,12+,13+,14-,15-,16-,18+,19+/m1/s1. The normalized spacial score (nSPS) is 59.2. The number of hydrogen-bond acceptors (Lipinski definition) is 3. The van der Waals surface area contributed by atoms with Gasteiger partial charge in [-0.2, -0.15) is 0 Å². The first-order chi connectivity index (χ1) is 10.8. The molecule has 2 N–H and O–H groups in total. The van der Waals surface area contributed by atoms with Gasteiger partial charge < -0.3 is 10.2 Å². The molecule has 23 heavy (non-hydrogen) atoms. The maximum absolute atomic E-state index is 12.7. The van der Waals surface area contributed by atoms with Crippen LogP contribution in [0, 0.1) is 34.5 Å². The van der Waals surface area contributed by atoms with Crippen LogP contribution in [0.2, 0.25) is 0 Å². The number of fused-ring (bicyclic) bond motifs is 5. The molecule has 0 aromatic carbocycles. The van der Waals surface area contributed by atoms with E-state index < -0.39 is 0 Å². The predicted molar refractivity (Wildman–Crippen MR) is 92.2 cm³/mol. The highest BCUT2D eigenvalue weighted by Gasteiger charge is 2.64. The second kappa shape index (κ2) is 5.28. The SMILES string of the molecule is C[C@]12CC[C@H](O)C[C@@H]1C[C@@H](O)[C@@H]1[C@@H]2CC[C@]2(C)C(=O)[C@H](Br)C[C@@H]12. The van der Waals surface area contributed by atoms with Crippen LogP contribution in [0.1, 0.15) is 58.8 Å². The first-order valence-electron chi connectivity index (χ1n) is 9.32. The summed E-state index contributed by atoms with van der Waals surface area (Å²) in [6.07, 6.45) is 6.04. The third-order valence-electron chi connectivity index (χ3n) is 8.35. The van der Waals surface area contributed by atoms with Crippen LogP contribution in [0.3, 0.4) is 0 Å². The van der Waals surface area contributed by atoms with Gasteiger partial charge in [-0.25, -0.2) is 0 Å². The quantitative estimate of drug-likeness (QED) is 0.629. The summed E-state index contributed by atoms with van der Waals surface area (Å²) in [4.78, 5) is 12.7. The number of aliphatic hydroxyl groups is 2. The Morgan fingerprint density at radius 1 is 1.04 bits per heavy atom. The van der Waals surface area contributed by atoms with Gasteiger partial charge in [-0.3, -0.25) is 4.79 Å². The summed E-state index contributed by atoms with van der Waals surface area (Å²) in [7, 11) is 0. The Labute approximate surface area is 147 Å². The molecule has 9 atom stereocenters. The third-order valence-corrected chi connectivity index (χ3v) is 9.14. The van der Waals surface area contributed by atoms with Crippen molar-refractivity contribution in [1.82, 2.24) is 0 Å². The maximum atomic E-state index is 12.7. The smallest absolute Gasteiger partial charge is 0.152 e. The molecule has 0 aromatic rings. The predicted octanol–water partition coefficient (Wildman–Crippen LogP) is 3.30. The van der Waals surface area contributed by atoms with Gasteiger partial charge in [-0.05, 0) is 74.0 Å². The van der Waals surface area contributed by atoms with Crippen molar-refractivity contribution in [2.45, 2.75) is 75.8 Å². The molecule has 4 fully saturated rings. The van der Waals surface area contributed by atoms with E-state index in [0.717, 1.165) is 44.9 Å². The summed E-state index contributed by atoms with van der Waals surface area (Å²) in [6.45, 7) is 4.54. The van der Waals surface area contributed by atoms with Gasteiger partial charge in [0, 0.05) is 5.41 Å². The van der Waals surface area contributed by atoms with Crippen LogP contribution in [0.25, 0.3) is 0 Å². The molecule has 130 valence electrons. The first-order valence-corrected chi connectivity index (χ1v) is 10.2. The minimum absolute atomic E-state index is 0.0258. The van der Waals surface area contributed by atoms with E-state index in [1.165, 1.54) is 0 Å². The molecule has 0 aromatic heterocycles. The van der Waals surface area contributed by atoms with Gasteiger partial charge in [0.05, 0.1) is 17.0 Å². The highest BCUT2D eigenvalue weighted by Crippen LogP contribution is 2.65. The fourth-order valence-corrected chi connectivity index (χ4v) is 7.88. The minimum Gasteiger partial charge on any atom is -0.393 e. The molecule has 4 aliphatic carbocycles. The molecule has 0 unspecified atom stereocenters. The highest BCUT2D eigenvalue weighted by atomic mass is 79.9. The van der Waals surface area contributed by atoms with Crippen molar-refractivity contribution >= 4 is 21.7 Å². The van der Waals surface area contributed by atoms with Crippen molar-refractivity contribution in [1.29, 1.82) is 0 Å². The molecule has 4 heteroatoms. The number of Topliss-reactive ketones (excluding diaryl/α,β-unsaturated/α-hetero) is 1. The molecule has 4 aliphatic rings. The molecular formula is C19H29BrO3. The van der Waals surface area contributed by atoms with Crippen LogP contribution in [0.15, 0.2) is 0 Å². The summed E-state index contributed by atoms with van der Waals surface area (Å²) in [5.74, 6) is 1.88. The van der Waals surface area contributed by atoms with E-state index in [1.807, 2.05) is 0 Å². The van der Waals surface area contributed by atoms with E-state index in [1.54, 1.807) is 0 Å². The van der Waals surface area contributed by atoms with Gasteiger partial charge in [0.15, 0.2) is 5.78 Å². The highest BCUT2D eigenvalue weighted by molar-refractivity contribution is 9.10. The fourth-order valence-electron chi connectivity index (χ4n) is 6.95. The number of ketones is 1. The lowest BCUT2D eigenvalue weighted by molar-refractivity contribution is -0.171. The van der Waals surface area contributed by atoms with E-state index >= 15 is 0 Å². The van der Waals surface area contributed by atoms with E-state index in [-0.39, 0.29) is 33.8 Å². The number of halogens is 1.